The lowest BCUT2D eigenvalue weighted by Crippen LogP contribution is -2.07. The number of nitrogens with zero attached hydrogens (tertiary/aromatic N) is 1. The quantitative estimate of drug-likeness (QED) is 0.919. The van der Waals surface area contributed by atoms with Crippen LogP contribution in [0.4, 0.5) is 4.39 Å². The summed E-state index contributed by atoms with van der Waals surface area (Å²) in [4.78, 5) is 4.45. The molecule has 2 rings (SSSR count). The zero-order chi connectivity index (χ0) is 14.7. The van der Waals surface area contributed by atoms with Crippen LogP contribution >= 0.6 is 0 Å². The van der Waals surface area contributed by atoms with Gasteiger partial charge in [-0.25, -0.2) is 4.39 Å². The number of pyridine rings is 1. The van der Waals surface area contributed by atoms with Crippen LogP contribution in [0, 0.1) is 12.7 Å². The van der Waals surface area contributed by atoms with Crippen molar-refractivity contribution in [2.45, 2.75) is 33.2 Å². The maximum atomic E-state index is 13.3. The largest absolute Gasteiger partial charge is 0.455 e. The average Bonchev–Trinajstić information content (AvgIpc) is 2.42. The van der Waals surface area contributed by atoms with Crippen molar-refractivity contribution in [1.29, 1.82) is 0 Å². The first-order valence-corrected chi connectivity index (χ1v) is 6.70. The highest BCUT2D eigenvalue weighted by molar-refractivity contribution is 5.41. The first-order valence-electron chi connectivity index (χ1n) is 6.70. The Labute approximate surface area is 118 Å². The Bertz CT molecular complexity index is 611. The number of ether oxygens (including phenoxy) is 1. The van der Waals surface area contributed by atoms with Gasteiger partial charge in [-0.2, -0.15) is 0 Å². The second kappa shape index (κ2) is 6.01. The number of aromatic nitrogens is 1. The first-order chi connectivity index (χ1) is 9.51. The molecule has 1 heterocycles. The second-order valence-electron chi connectivity index (χ2n) is 4.82. The van der Waals surface area contributed by atoms with Crippen LogP contribution in [0.15, 0.2) is 30.3 Å². The summed E-state index contributed by atoms with van der Waals surface area (Å²) in [5.41, 5.74) is 8.34. The van der Waals surface area contributed by atoms with Gasteiger partial charge in [0.05, 0.1) is 5.69 Å². The predicted molar refractivity (Wildman–Crippen MR) is 77.4 cm³/mol. The summed E-state index contributed by atoms with van der Waals surface area (Å²) < 4.78 is 19.2. The molecule has 1 aromatic carbocycles. The van der Waals surface area contributed by atoms with Crippen LogP contribution in [0.25, 0.3) is 0 Å². The third kappa shape index (κ3) is 3.14. The van der Waals surface area contributed by atoms with E-state index in [1.54, 1.807) is 13.0 Å². The van der Waals surface area contributed by atoms with Crippen LogP contribution < -0.4 is 10.5 Å². The highest BCUT2D eigenvalue weighted by Gasteiger charge is 2.12. The van der Waals surface area contributed by atoms with Gasteiger partial charge >= 0.3 is 0 Å². The Balaban J connectivity index is 2.39. The molecule has 0 saturated heterocycles. The van der Waals surface area contributed by atoms with E-state index in [2.05, 4.69) is 4.98 Å². The molecule has 106 valence electrons. The fourth-order valence-corrected chi connectivity index (χ4v) is 2.03. The van der Waals surface area contributed by atoms with Gasteiger partial charge in [0.2, 0.25) is 0 Å². The molecular formula is C16H19FN2O. The van der Waals surface area contributed by atoms with Gasteiger partial charge in [0, 0.05) is 17.3 Å². The van der Waals surface area contributed by atoms with Crippen LogP contribution in [0.2, 0.25) is 0 Å². The molecular weight excluding hydrogens is 255 g/mol. The number of hydrogen-bond donors (Lipinski definition) is 1. The Hall–Kier alpha value is -1.94. The van der Waals surface area contributed by atoms with Crippen LogP contribution in [0.5, 0.6) is 11.5 Å². The van der Waals surface area contributed by atoms with Gasteiger partial charge in [-0.15, -0.1) is 0 Å². The van der Waals surface area contributed by atoms with Gasteiger partial charge in [0.25, 0.3) is 0 Å². The molecule has 0 aliphatic carbocycles. The third-order valence-electron chi connectivity index (χ3n) is 3.09. The van der Waals surface area contributed by atoms with Gasteiger partial charge in [-0.05, 0) is 50.6 Å². The average molecular weight is 274 g/mol. The van der Waals surface area contributed by atoms with E-state index in [-0.39, 0.29) is 11.9 Å². The highest BCUT2D eigenvalue weighted by atomic mass is 19.1. The molecule has 2 aromatic rings. The van der Waals surface area contributed by atoms with E-state index in [9.17, 15) is 4.39 Å². The summed E-state index contributed by atoms with van der Waals surface area (Å²) in [6.07, 6.45) is 0.770. The van der Waals surface area contributed by atoms with E-state index >= 15 is 0 Å². The Morgan fingerprint density at radius 3 is 2.60 bits per heavy atom. The molecule has 0 bridgehead atoms. The number of benzene rings is 1. The van der Waals surface area contributed by atoms with E-state index in [0.717, 1.165) is 17.8 Å². The first kappa shape index (κ1) is 14.5. The molecule has 0 fully saturated rings. The molecule has 0 saturated carbocycles. The van der Waals surface area contributed by atoms with E-state index in [4.69, 9.17) is 10.5 Å². The van der Waals surface area contributed by atoms with E-state index < -0.39 is 0 Å². The zero-order valence-corrected chi connectivity index (χ0v) is 12.0. The van der Waals surface area contributed by atoms with Crippen LogP contribution in [0.1, 0.15) is 36.8 Å². The standard InChI is InChI=1S/C16H19FN2O/c1-4-14-16(7-5-10(2)19-14)20-15-8-6-12(17)9-13(15)11(3)18/h5-9,11H,4,18H2,1-3H3/t11-/m1/s1. The minimum Gasteiger partial charge on any atom is -0.455 e. The summed E-state index contributed by atoms with van der Waals surface area (Å²) in [5.74, 6) is 0.941. The Kier molecular flexibility index (Phi) is 4.35. The fraction of sp³-hybridized carbons (Fsp3) is 0.312. The maximum Gasteiger partial charge on any atom is 0.148 e. The van der Waals surface area contributed by atoms with E-state index in [0.29, 0.717) is 17.1 Å². The number of rotatable bonds is 4. The smallest absolute Gasteiger partial charge is 0.148 e. The Morgan fingerprint density at radius 1 is 1.25 bits per heavy atom. The number of halogens is 1. The van der Waals surface area contributed by atoms with Crippen LogP contribution in [0.3, 0.4) is 0 Å². The molecule has 20 heavy (non-hydrogen) atoms. The second-order valence-corrected chi connectivity index (χ2v) is 4.82. The molecule has 0 unspecified atom stereocenters. The molecule has 0 aliphatic rings. The van der Waals surface area contributed by atoms with E-state index in [1.807, 2.05) is 26.0 Å². The minimum atomic E-state index is -0.317. The predicted octanol–water partition coefficient (Wildman–Crippen LogP) is 3.90. The molecule has 1 aromatic heterocycles. The fourth-order valence-electron chi connectivity index (χ4n) is 2.03. The minimum absolute atomic E-state index is 0.302. The van der Waals surface area contributed by atoms with Gasteiger partial charge in [0.1, 0.15) is 17.3 Å². The highest BCUT2D eigenvalue weighted by Crippen LogP contribution is 2.31. The molecule has 2 N–H and O–H groups in total. The molecule has 0 radical (unpaired) electrons. The number of hydrogen-bond acceptors (Lipinski definition) is 3. The van der Waals surface area contributed by atoms with Crippen LogP contribution in [-0.2, 0) is 6.42 Å². The lowest BCUT2D eigenvalue weighted by molar-refractivity contribution is 0.460. The van der Waals surface area contributed by atoms with Crippen molar-refractivity contribution >= 4 is 0 Å². The summed E-state index contributed by atoms with van der Waals surface area (Å²) in [6.45, 7) is 5.76. The van der Waals surface area contributed by atoms with E-state index in [1.165, 1.54) is 12.1 Å². The zero-order valence-electron chi connectivity index (χ0n) is 12.0. The topological polar surface area (TPSA) is 48.1 Å². The van der Waals surface area contributed by atoms with Crippen molar-refractivity contribution in [3.05, 3.63) is 53.1 Å². The molecule has 4 heteroatoms. The van der Waals surface area contributed by atoms with Crippen molar-refractivity contribution in [2.75, 3.05) is 0 Å². The van der Waals surface area contributed by atoms with Gasteiger partial charge < -0.3 is 10.5 Å². The Morgan fingerprint density at radius 2 is 1.95 bits per heavy atom. The van der Waals surface area contributed by atoms with Crippen molar-refractivity contribution in [3.8, 4) is 11.5 Å². The lowest BCUT2D eigenvalue weighted by atomic mass is 10.1. The van der Waals surface area contributed by atoms with Crippen molar-refractivity contribution in [3.63, 3.8) is 0 Å². The summed E-state index contributed by atoms with van der Waals surface area (Å²) in [7, 11) is 0. The molecule has 1 atom stereocenters. The van der Waals surface area contributed by atoms with Gasteiger partial charge in [-0.3, -0.25) is 4.98 Å². The van der Waals surface area contributed by atoms with Gasteiger partial charge in [0.15, 0.2) is 0 Å². The molecule has 0 amide bonds. The summed E-state index contributed by atoms with van der Waals surface area (Å²) >= 11 is 0. The van der Waals surface area contributed by atoms with Crippen molar-refractivity contribution in [1.82, 2.24) is 4.98 Å². The lowest BCUT2D eigenvalue weighted by Gasteiger charge is -2.15. The SMILES string of the molecule is CCc1nc(C)ccc1Oc1ccc(F)cc1[C@@H](C)N. The summed E-state index contributed by atoms with van der Waals surface area (Å²) in [5, 5.41) is 0. The number of nitrogens with two attached hydrogens (primary N) is 1. The van der Waals surface area contributed by atoms with Crippen LogP contribution in [-0.4, -0.2) is 4.98 Å². The monoisotopic (exact) mass is 274 g/mol. The third-order valence-corrected chi connectivity index (χ3v) is 3.09. The normalized spacial score (nSPS) is 12.2. The van der Waals surface area contributed by atoms with Gasteiger partial charge in [-0.1, -0.05) is 6.92 Å². The molecule has 0 aliphatic heterocycles. The number of aryl methyl sites for hydroxylation is 2. The molecule has 3 nitrogen and oxygen atoms in total. The van der Waals surface area contributed by atoms with Crippen molar-refractivity contribution < 1.29 is 9.13 Å². The summed E-state index contributed by atoms with van der Waals surface area (Å²) in [6, 6.07) is 7.86. The van der Waals surface area contributed by atoms with Crippen molar-refractivity contribution in [2.24, 2.45) is 5.73 Å². The molecule has 0 spiro atoms. The maximum absolute atomic E-state index is 13.3.